The molecule has 7 nitrogen and oxygen atoms in total. The zero-order valence-corrected chi connectivity index (χ0v) is 13.6. The van der Waals surface area contributed by atoms with Crippen LogP contribution in [0.1, 0.15) is 28.9 Å². The molecule has 1 saturated heterocycles. The van der Waals surface area contributed by atoms with Gasteiger partial charge in [0.2, 0.25) is 0 Å². The molecule has 0 spiro atoms. The first-order valence-corrected chi connectivity index (χ1v) is 7.93. The Morgan fingerprint density at radius 1 is 1.12 bits per heavy atom. The Hall–Kier alpha value is -2.91. The first-order chi connectivity index (χ1) is 12.3. The molecule has 0 bridgehead atoms. The van der Waals surface area contributed by atoms with Crippen LogP contribution in [0.3, 0.4) is 0 Å². The van der Waals surface area contributed by atoms with E-state index in [1.54, 1.807) is 0 Å². The lowest BCUT2D eigenvalue weighted by Crippen LogP contribution is -2.39. The van der Waals surface area contributed by atoms with Crippen molar-refractivity contribution in [2.75, 3.05) is 23.3 Å². The van der Waals surface area contributed by atoms with Crippen molar-refractivity contribution in [3.05, 3.63) is 42.0 Å². The van der Waals surface area contributed by atoms with Crippen LogP contribution < -0.4 is 10.2 Å². The number of nitrogens with one attached hydrogen (secondary N) is 1. The van der Waals surface area contributed by atoms with Crippen LogP contribution in [0, 0.1) is 0 Å². The SMILES string of the molecule is O=C(O)c1cnc(NC2CCN(c3ccc(C(F)(F)F)cn3)CC2)cn1. The molecule has 10 heteroatoms. The maximum Gasteiger partial charge on any atom is 0.417 e. The van der Waals surface area contributed by atoms with Gasteiger partial charge in [0.05, 0.1) is 18.0 Å². The molecule has 0 unspecified atom stereocenters. The molecule has 2 N–H and O–H groups in total. The minimum Gasteiger partial charge on any atom is -0.476 e. The average molecular weight is 367 g/mol. The molecule has 2 aromatic heterocycles. The third-order valence-electron chi connectivity index (χ3n) is 4.12. The zero-order valence-electron chi connectivity index (χ0n) is 13.6. The summed E-state index contributed by atoms with van der Waals surface area (Å²) >= 11 is 0. The largest absolute Gasteiger partial charge is 0.476 e. The van der Waals surface area contributed by atoms with Crippen LogP contribution in [-0.2, 0) is 6.18 Å². The third kappa shape index (κ3) is 4.19. The number of hydrogen-bond acceptors (Lipinski definition) is 6. The van der Waals surface area contributed by atoms with Gasteiger partial charge in [-0.05, 0) is 25.0 Å². The van der Waals surface area contributed by atoms with E-state index < -0.39 is 17.7 Å². The van der Waals surface area contributed by atoms with Gasteiger partial charge in [0.15, 0.2) is 5.69 Å². The molecule has 138 valence electrons. The molecule has 0 aromatic carbocycles. The standard InChI is InChI=1S/C16H16F3N5O2/c17-16(18,19)10-1-2-14(22-7-10)24-5-3-11(4-6-24)23-13-9-20-12(8-21-13)15(25)26/h1-2,7-9,11H,3-6H2,(H,21,23)(H,25,26). The predicted octanol–water partition coefficient (Wildman–Crippen LogP) is 2.67. The average Bonchev–Trinajstić information content (AvgIpc) is 2.62. The highest BCUT2D eigenvalue weighted by atomic mass is 19.4. The molecule has 1 aliphatic rings. The molecule has 1 aliphatic heterocycles. The minimum atomic E-state index is -4.39. The predicted molar refractivity (Wildman–Crippen MR) is 87.1 cm³/mol. The Kier molecular flexibility index (Phi) is 4.92. The van der Waals surface area contributed by atoms with Crippen LogP contribution in [-0.4, -0.2) is 45.2 Å². The van der Waals surface area contributed by atoms with Crippen molar-refractivity contribution >= 4 is 17.6 Å². The van der Waals surface area contributed by atoms with E-state index in [1.165, 1.54) is 18.5 Å². The molecule has 0 atom stereocenters. The van der Waals surface area contributed by atoms with Gasteiger partial charge in [0, 0.05) is 25.3 Å². The second kappa shape index (κ2) is 7.14. The second-order valence-corrected chi connectivity index (χ2v) is 5.90. The number of aromatic nitrogens is 3. The maximum absolute atomic E-state index is 12.6. The van der Waals surface area contributed by atoms with E-state index in [4.69, 9.17) is 5.11 Å². The second-order valence-electron chi connectivity index (χ2n) is 5.90. The monoisotopic (exact) mass is 367 g/mol. The van der Waals surface area contributed by atoms with Gasteiger partial charge in [-0.1, -0.05) is 0 Å². The first-order valence-electron chi connectivity index (χ1n) is 7.93. The fraction of sp³-hybridized carbons (Fsp3) is 0.375. The summed E-state index contributed by atoms with van der Waals surface area (Å²) in [4.78, 5) is 24.4. The molecule has 2 aromatic rings. The summed E-state index contributed by atoms with van der Waals surface area (Å²) in [5.41, 5.74) is -0.889. The number of carboxylic acids is 1. The van der Waals surface area contributed by atoms with Gasteiger partial charge in [-0.25, -0.2) is 19.7 Å². The number of alkyl halides is 3. The number of carbonyl (C=O) groups is 1. The van der Waals surface area contributed by atoms with Crippen molar-refractivity contribution in [3.63, 3.8) is 0 Å². The number of anilines is 2. The Bertz CT molecular complexity index is 757. The smallest absolute Gasteiger partial charge is 0.417 e. The lowest BCUT2D eigenvalue weighted by atomic mass is 10.1. The van der Waals surface area contributed by atoms with Crippen LogP contribution in [0.4, 0.5) is 24.8 Å². The number of carboxylic acid groups (broad SMARTS) is 1. The zero-order chi connectivity index (χ0) is 18.7. The Morgan fingerprint density at radius 2 is 1.85 bits per heavy atom. The topological polar surface area (TPSA) is 91.2 Å². The highest BCUT2D eigenvalue weighted by Gasteiger charge is 2.31. The molecule has 0 aliphatic carbocycles. The van der Waals surface area contributed by atoms with Crippen molar-refractivity contribution in [2.45, 2.75) is 25.1 Å². The van der Waals surface area contributed by atoms with E-state index in [0.29, 0.717) is 24.7 Å². The summed E-state index contributed by atoms with van der Waals surface area (Å²) < 4.78 is 37.8. The number of nitrogens with zero attached hydrogens (tertiary/aromatic N) is 4. The molecular formula is C16H16F3N5O2. The van der Waals surface area contributed by atoms with Crippen molar-refractivity contribution in [3.8, 4) is 0 Å². The van der Waals surface area contributed by atoms with Gasteiger partial charge in [-0.3, -0.25) is 0 Å². The Balaban J connectivity index is 1.54. The van der Waals surface area contributed by atoms with E-state index in [9.17, 15) is 18.0 Å². The van der Waals surface area contributed by atoms with E-state index in [-0.39, 0.29) is 11.7 Å². The highest BCUT2D eigenvalue weighted by Crippen LogP contribution is 2.30. The molecule has 0 radical (unpaired) electrons. The molecule has 0 amide bonds. The van der Waals surface area contributed by atoms with Crippen LogP contribution in [0.25, 0.3) is 0 Å². The summed E-state index contributed by atoms with van der Waals surface area (Å²) in [6.07, 6.45) is 0.494. The summed E-state index contributed by atoms with van der Waals surface area (Å²) in [5.74, 6) is -0.135. The fourth-order valence-corrected chi connectivity index (χ4v) is 2.72. The first kappa shape index (κ1) is 17.9. The third-order valence-corrected chi connectivity index (χ3v) is 4.12. The Labute approximate surface area is 146 Å². The number of pyridine rings is 1. The molecular weight excluding hydrogens is 351 g/mol. The van der Waals surface area contributed by atoms with Crippen LogP contribution in [0.15, 0.2) is 30.7 Å². The van der Waals surface area contributed by atoms with E-state index in [2.05, 4.69) is 20.3 Å². The lowest BCUT2D eigenvalue weighted by molar-refractivity contribution is -0.137. The number of halogens is 3. The summed E-state index contributed by atoms with van der Waals surface area (Å²) in [7, 11) is 0. The summed E-state index contributed by atoms with van der Waals surface area (Å²) in [5, 5.41) is 12.0. The molecule has 3 heterocycles. The lowest BCUT2D eigenvalue weighted by Gasteiger charge is -2.33. The number of aromatic carboxylic acids is 1. The number of piperidine rings is 1. The highest BCUT2D eigenvalue weighted by molar-refractivity contribution is 5.84. The van der Waals surface area contributed by atoms with Gasteiger partial charge in [-0.15, -0.1) is 0 Å². The van der Waals surface area contributed by atoms with Crippen LogP contribution in [0.2, 0.25) is 0 Å². The van der Waals surface area contributed by atoms with Gasteiger partial charge in [-0.2, -0.15) is 13.2 Å². The van der Waals surface area contributed by atoms with E-state index in [0.717, 1.165) is 25.1 Å². The summed E-state index contributed by atoms with van der Waals surface area (Å²) in [6.45, 7) is 1.27. The van der Waals surface area contributed by atoms with Crippen LogP contribution in [0.5, 0.6) is 0 Å². The minimum absolute atomic E-state index is 0.116. The number of rotatable bonds is 4. The van der Waals surface area contributed by atoms with Crippen molar-refractivity contribution in [2.24, 2.45) is 0 Å². The quantitative estimate of drug-likeness (QED) is 0.858. The van der Waals surface area contributed by atoms with Crippen LogP contribution >= 0.6 is 0 Å². The molecule has 0 saturated carbocycles. The van der Waals surface area contributed by atoms with Gasteiger partial charge >= 0.3 is 12.1 Å². The van der Waals surface area contributed by atoms with E-state index in [1.807, 2.05) is 4.90 Å². The summed E-state index contributed by atoms with van der Waals surface area (Å²) in [6, 6.07) is 2.53. The number of hydrogen-bond donors (Lipinski definition) is 2. The normalized spacial score (nSPS) is 15.7. The van der Waals surface area contributed by atoms with Gasteiger partial charge in [0.25, 0.3) is 0 Å². The molecule has 26 heavy (non-hydrogen) atoms. The Morgan fingerprint density at radius 3 is 2.35 bits per heavy atom. The molecule has 1 fully saturated rings. The molecule has 3 rings (SSSR count). The maximum atomic E-state index is 12.6. The van der Waals surface area contributed by atoms with Gasteiger partial charge in [0.1, 0.15) is 11.6 Å². The van der Waals surface area contributed by atoms with Crippen molar-refractivity contribution in [1.82, 2.24) is 15.0 Å². The van der Waals surface area contributed by atoms with Crippen molar-refractivity contribution < 1.29 is 23.1 Å². The van der Waals surface area contributed by atoms with E-state index >= 15 is 0 Å². The fourth-order valence-electron chi connectivity index (χ4n) is 2.72. The van der Waals surface area contributed by atoms with Gasteiger partial charge < -0.3 is 15.3 Å². The van der Waals surface area contributed by atoms with Crippen molar-refractivity contribution in [1.29, 1.82) is 0 Å².